The molecule has 1 N–H and O–H groups in total. The Kier molecular flexibility index (Phi) is 5.37. The fourth-order valence-electron chi connectivity index (χ4n) is 4.68. The molecule has 9 heteroatoms. The highest BCUT2D eigenvalue weighted by atomic mass is 35.5. The maximum atomic E-state index is 12.6. The molecular formula is C22H25ClN6O2. The van der Waals surface area contributed by atoms with Crippen molar-refractivity contribution in [2.45, 2.75) is 44.9 Å². The molecule has 0 aliphatic carbocycles. The molecule has 5 heterocycles. The van der Waals surface area contributed by atoms with Crippen molar-refractivity contribution in [1.82, 2.24) is 29.3 Å². The second kappa shape index (κ2) is 8.18. The standard InChI is InChI=1S/C22H25ClN6O2/c1-14-18(23)8-15(9-24-14)10-25-16-4-6-27(7-5-16)12-17-13-28-21(31)11-26-19-2-3-20(30)29(17)22(19)28/h2-3,8-9,11,16-17,25H,4-7,10,12-13H2,1H3/t17-/m1/s1. The molecule has 0 unspecified atom stereocenters. The molecule has 8 nitrogen and oxygen atoms in total. The third-order valence-corrected chi connectivity index (χ3v) is 6.79. The fourth-order valence-corrected chi connectivity index (χ4v) is 4.87. The van der Waals surface area contributed by atoms with Crippen LogP contribution in [0.3, 0.4) is 0 Å². The molecule has 5 rings (SSSR count). The number of halogens is 1. The molecule has 0 saturated carbocycles. The van der Waals surface area contributed by atoms with Crippen molar-refractivity contribution >= 4 is 22.8 Å². The van der Waals surface area contributed by atoms with Gasteiger partial charge in [-0.15, -0.1) is 0 Å². The van der Waals surface area contributed by atoms with Gasteiger partial charge >= 0.3 is 0 Å². The number of piperidine rings is 1. The minimum absolute atomic E-state index is 0.0432. The van der Waals surface area contributed by atoms with Gasteiger partial charge in [-0.25, -0.2) is 4.98 Å². The summed E-state index contributed by atoms with van der Waals surface area (Å²) in [4.78, 5) is 35.7. The van der Waals surface area contributed by atoms with Gasteiger partial charge in [0.25, 0.3) is 11.1 Å². The number of nitrogens with one attached hydrogen (secondary N) is 1. The van der Waals surface area contributed by atoms with Crippen LogP contribution in [0.1, 0.15) is 30.1 Å². The zero-order valence-corrected chi connectivity index (χ0v) is 18.2. The van der Waals surface area contributed by atoms with E-state index in [0.29, 0.717) is 28.8 Å². The number of hydrogen-bond donors (Lipinski definition) is 1. The Bertz CT molecular complexity index is 1240. The molecule has 1 fully saturated rings. The number of likely N-dealkylation sites (tertiary alicyclic amines) is 1. The van der Waals surface area contributed by atoms with Crippen molar-refractivity contribution in [3.63, 3.8) is 0 Å². The first-order chi connectivity index (χ1) is 15.0. The Morgan fingerprint density at radius 2 is 1.94 bits per heavy atom. The summed E-state index contributed by atoms with van der Waals surface area (Å²) in [5.74, 6) is 0. The first-order valence-electron chi connectivity index (χ1n) is 10.7. The van der Waals surface area contributed by atoms with Crippen LogP contribution in [0.15, 0.2) is 40.2 Å². The average molecular weight is 441 g/mol. The molecule has 1 atom stereocenters. The molecule has 0 bridgehead atoms. The van der Waals surface area contributed by atoms with E-state index in [1.165, 1.54) is 6.20 Å². The van der Waals surface area contributed by atoms with E-state index in [1.54, 1.807) is 21.3 Å². The van der Waals surface area contributed by atoms with Crippen molar-refractivity contribution in [2.75, 3.05) is 19.6 Å². The van der Waals surface area contributed by atoms with Gasteiger partial charge in [0, 0.05) is 37.9 Å². The predicted molar refractivity (Wildman–Crippen MR) is 120 cm³/mol. The van der Waals surface area contributed by atoms with E-state index in [0.717, 1.165) is 50.3 Å². The summed E-state index contributed by atoms with van der Waals surface area (Å²) in [6, 6.07) is 5.61. The Morgan fingerprint density at radius 1 is 1.13 bits per heavy atom. The molecule has 2 aliphatic heterocycles. The van der Waals surface area contributed by atoms with Gasteiger partial charge in [-0.2, -0.15) is 0 Å². The molecule has 2 aliphatic rings. The lowest BCUT2D eigenvalue weighted by Gasteiger charge is -2.34. The van der Waals surface area contributed by atoms with Gasteiger partial charge in [-0.1, -0.05) is 11.6 Å². The maximum Gasteiger partial charge on any atom is 0.270 e. The summed E-state index contributed by atoms with van der Waals surface area (Å²) in [6.07, 6.45) is 5.28. The van der Waals surface area contributed by atoms with E-state index in [2.05, 4.69) is 20.2 Å². The quantitative estimate of drug-likeness (QED) is 0.650. The van der Waals surface area contributed by atoms with Gasteiger partial charge in [0.15, 0.2) is 0 Å². The van der Waals surface area contributed by atoms with Crippen LogP contribution in [0.4, 0.5) is 0 Å². The van der Waals surface area contributed by atoms with Crippen molar-refractivity contribution in [3.8, 4) is 0 Å². The Hall–Kier alpha value is -2.55. The van der Waals surface area contributed by atoms with Crippen LogP contribution in [-0.4, -0.2) is 49.7 Å². The van der Waals surface area contributed by atoms with Gasteiger partial charge in [0.1, 0.15) is 11.2 Å². The van der Waals surface area contributed by atoms with Gasteiger partial charge < -0.3 is 10.2 Å². The Labute approximate surface area is 184 Å². The minimum Gasteiger partial charge on any atom is -0.310 e. The normalized spacial score (nSPS) is 19.4. The Morgan fingerprint density at radius 3 is 2.71 bits per heavy atom. The highest BCUT2D eigenvalue weighted by Gasteiger charge is 2.29. The monoisotopic (exact) mass is 440 g/mol. The molecule has 31 heavy (non-hydrogen) atoms. The van der Waals surface area contributed by atoms with E-state index < -0.39 is 0 Å². The van der Waals surface area contributed by atoms with Crippen molar-refractivity contribution in [2.24, 2.45) is 0 Å². The van der Waals surface area contributed by atoms with Crippen LogP contribution in [0.2, 0.25) is 5.02 Å². The predicted octanol–water partition coefficient (Wildman–Crippen LogP) is 1.72. The fraction of sp³-hybridized carbons (Fsp3) is 0.455. The summed E-state index contributed by atoms with van der Waals surface area (Å²) >= 11 is 6.17. The first-order valence-corrected chi connectivity index (χ1v) is 11.1. The molecule has 3 aromatic rings. The van der Waals surface area contributed by atoms with Crippen LogP contribution in [0.5, 0.6) is 0 Å². The minimum atomic E-state index is -0.150. The third kappa shape index (κ3) is 3.91. The van der Waals surface area contributed by atoms with Gasteiger partial charge in [0.05, 0.1) is 23.0 Å². The van der Waals surface area contributed by atoms with Gasteiger partial charge in [-0.05, 0) is 50.6 Å². The smallest absolute Gasteiger partial charge is 0.270 e. The number of rotatable bonds is 5. The van der Waals surface area contributed by atoms with Crippen LogP contribution in [0, 0.1) is 6.92 Å². The van der Waals surface area contributed by atoms with Crippen LogP contribution >= 0.6 is 11.6 Å². The van der Waals surface area contributed by atoms with Gasteiger partial charge in [0.2, 0.25) is 0 Å². The molecule has 162 valence electrons. The third-order valence-electron chi connectivity index (χ3n) is 6.41. The molecular weight excluding hydrogens is 416 g/mol. The zero-order chi connectivity index (χ0) is 21.5. The lowest BCUT2D eigenvalue weighted by molar-refractivity contribution is 0.171. The van der Waals surface area contributed by atoms with E-state index in [1.807, 2.05) is 19.2 Å². The number of nitrogens with zero attached hydrogens (tertiary/aromatic N) is 5. The highest BCUT2D eigenvalue weighted by molar-refractivity contribution is 6.31. The number of pyridine rings is 2. The average Bonchev–Trinajstić information content (AvgIpc) is 3.15. The Balaban J connectivity index is 1.21. The lowest BCUT2D eigenvalue weighted by atomic mass is 10.0. The molecule has 0 aromatic carbocycles. The van der Waals surface area contributed by atoms with Crippen molar-refractivity contribution in [1.29, 1.82) is 0 Å². The van der Waals surface area contributed by atoms with Crippen molar-refractivity contribution < 1.29 is 0 Å². The second-order valence-corrected chi connectivity index (χ2v) is 8.89. The van der Waals surface area contributed by atoms with E-state index in [-0.39, 0.29) is 17.2 Å². The molecule has 3 aromatic heterocycles. The highest BCUT2D eigenvalue weighted by Crippen LogP contribution is 2.24. The number of aryl methyl sites for hydroxylation is 1. The second-order valence-electron chi connectivity index (χ2n) is 8.48. The molecule has 0 radical (unpaired) electrons. The number of hydrogen-bond acceptors (Lipinski definition) is 6. The first kappa shape index (κ1) is 20.4. The van der Waals surface area contributed by atoms with E-state index in [9.17, 15) is 9.59 Å². The summed E-state index contributed by atoms with van der Waals surface area (Å²) in [7, 11) is 0. The van der Waals surface area contributed by atoms with Crippen LogP contribution in [0.25, 0.3) is 11.2 Å². The van der Waals surface area contributed by atoms with Crippen molar-refractivity contribution in [3.05, 3.63) is 67.6 Å². The summed E-state index contributed by atoms with van der Waals surface area (Å²) in [5.41, 5.74) is 3.05. The molecule has 0 spiro atoms. The topological polar surface area (TPSA) is 85.1 Å². The van der Waals surface area contributed by atoms with Gasteiger partial charge in [-0.3, -0.25) is 23.7 Å². The summed E-state index contributed by atoms with van der Waals surface area (Å²) < 4.78 is 3.44. The summed E-state index contributed by atoms with van der Waals surface area (Å²) in [5, 5.41) is 4.31. The van der Waals surface area contributed by atoms with E-state index in [4.69, 9.17) is 11.6 Å². The number of aromatic nitrogens is 4. The largest absolute Gasteiger partial charge is 0.310 e. The molecule has 1 saturated heterocycles. The van der Waals surface area contributed by atoms with Crippen LogP contribution in [-0.2, 0) is 13.1 Å². The van der Waals surface area contributed by atoms with Crippen LogP contribution < -0.4 is 16.4 Å². The summed E-state index contributed by atoms with van der Waals surface area (Å²) in [6.45, 7) is 5.84. The maximum absolute atomic E-state index is 12.6. The lowest BCUT2D eigenvalue weighted by Crippen LogP contribution is -2.44. The zero-order valence-electron chi connectivity index (χ0n) is 17.4. The van der Waals surface area contributed by atoms with E-state index >= 15 is 0 Å². The SMILES string of the molecule is Cc1ncc(CNC2CCN(C[C@@H]3Cn4c(=O)cnc5ccc(=O)n3c54)CC2)cc1Cl. The molecule has 0 amide bonds.